The zero-order valence-corrected chi connectivity index (χ0v) is 24.3. The standard InChI is InChI=1S/C32H33N3O6S/c1-24-13-19-28(20-14-24)42(38,39)35(25-15-17-27(18-16-25)41-26-9-4-3-5-10-26)23-31(36)34-30-12-7-6-11-29(30)32(37)33-21-8-22-40-2/h3-7,9-20H,8,21-23H2,1-2H3,(H,33,37)(H,34,36). The number of carbonyl (C=O) groups excluding carboxylic acids is 2. The number of sulfonamides is 1. The van der Waals surface area contributed by atoms with Gasteiger partial charge >= 0.3 is 0 Å². The third-order valence-electron chi connectivity index (χ3n) is 6.26. The lowest BCUT2D eigenvalue weighted by Crippen LogP contribution is -2.38. The Kier molecular flexibility index (Phi) is 10.3. The maximum Gasteiger partial charge on any atom is 0.264 e. The first kappa shape index (κ1) is 30.3. The highest BCUT2D eigenvalue weighted by Crippen LogP contribution is 2.28. The molecular weight excluding hydrogens is 554 g/mol. The maximum absolute atomic E-state index is 13.8. The van der Waals surface area contributed by atoms with Crippen molar-refractivity contribution >= 4 is 33.2 Å². The lowest BCUT2D eigenvalue weighted by molar-refractivity contribution is -0.114. The van der Waals surface area contributed by atoms with Crippen LogP contribution >= 0.6 is 0 Å². The molecule has 0 radical (unpaired) electrons. The smallest absolute Gasteiger partial charge is 0.264 e. The Morgan fingerprint density at radius 2 is 1.45 bits per heavy atom. The molecule has 0 fully saturated rings. The molecule has 0 bridgehead atoms. The number of anilines is 2. The summed E-state index contributed by atoms with van der Waals surface area (Å²) in [5, 5.41) is 5.51. The van der Waals surface area contributed by atoms with Crippen LogP contribution in [0.2, 0.25) is 0 Å². The number of para-hydroxylation sites is 2. The highest BCUT2D eigenvalue weighted by atomic mass is 32.2. The Morgan fingerprint density at radius 3 is 2.14 bits per heavy atom. The van der Waals surface area contributed by atoms with Gasteiger partial charge in [0, 0.05) is 20.3 Å². The first-order chi connectivity index (χ1) is 20.3. The van der Waals surface area contributed by atoms with Gasteiger partial charge in [0.15, 0.2) is 0 Å². The van der Waals surface area contributed by atoms with Crippen molar-refractivity contribution in [2.75, 3.05) is 36.4 Å². The predicted molar refractivity (Wildman–Crippen MR) is 163 cm³/mol. The van der Waals surface area contributed by atoms with Gasteiger partial charge in [-0.15, -0.1) is 0 Å². The van der Waals surface area contributed by atoms with Crippen molar-refractivity contribution in [1.82, 2.24) is 5.32 Å². The number of amides is 2. The SMILES string of the molecule is COCCCNC(=O)c1ccccc1NC(=O)CN(c1ccc(Oc2ccccc2)cc1)S(=O)(=O)c1ccc(C)cc1. The zero-order chi connectivity index (χ0) is 30.0. The molecule has 0 aliphatic carbocycles. The van der Waals surface area contributed by atoms with Gasteiger partial charge in [0.05, 0.1) is 21.8 Å². The van der Waals surface area contributed by atoms with E-state index in [-0.39, 0.29) is 27.7 Å². The van der Waals surface area contributed by atoms with Crippen molar-refractivity contribution in [3.05, 3.63) is 114 Å². The maximum atomic E-state index is 13.8. The Hall–Kier alpha value is -4.67. The summed E-state index contributed by atoms with van der Waals surface area (Å²) in [5.41, 5.74) is 1.71. The van der Waals surface area contributed by atoms with Crippen molar-refractivity contribution in [3.63, 3.8) is 0 Å². The minimum atomic E-state index is -4.13. The Morgan fingerprint density at radius 1 is 0.810 bits per heavy atom. The molecule has 0 saturated carbocycles. The van der Waals surface area contributed by atoms with Gasteiger partial charge in [-0.2, -0.15) is 0 Å². The van der Waals surface area contributed by atoms with Crippen LogP contribution in [0.25, 0.3) is 0 Å². The molecular formula is C32H33N3O6S. The largest absolute Gasteiger partial charge is 0.457 e. The van der Waals surface area contributed by atoms with Crippen molar-refractivity contribution < 1.29 is 27.5 Å². The number of nitrogens with zero attached hydrogens (tertiary/aromatic N) is 1. The van der Waals surface area contributed by atoms with Gasteiger partial charge in [0.1, 0.15) is 18.0 Å². The van der Waals surface area contributed by atoms with E-state index in [1.54, 1.807) is 67.8 Å². The van der Waals surface area contributed by atoms with Gasteiger partial charge in [-0.25, -0.2) is 8.42 Å². The molecule has 0 unspecified atom stereocenters. The van der Waals surface area contributed by atoms with Crippen LogP contribution in [0.1, 0.15) is 22.3 Å². The third kappa shape index (κ3) is 7.96. The zero-order valence-electron chi connectivity index (χ0n) is 23.4. The second kappa shape index (κ2) is 14.3. The molecule has 0 aliphatic rings. The molecule has 9 nitrogen and oxygen atoms in total. The number of nitrogens with one attached hydrogen (secondary N) is 2. The molecule has 42 heavy (non-hydrogen) atoms. The van der Waals surface area contributed by atoms with Crippen molar-refractivity contribution in [3.8, 4) is 11.5 Å². The van der Waals surface area contributed by atoms with Gasteiger partial charge in [-0.05, 0) is 74.0 Å². The predicted octanol–water partition coefficient (Wildman–Crippen LogP) is 5.39. The van der Waals surface area contributed by atoms with E-state index in [1.807, 2.05) is 37.3 Å². The van der Waals surface area contributed by atoms with Gasteiger partial charge < -0.3 is 20.1 Å². The lowest BCUT2D eigenvalue weighted by Gasteiger charge is -2.24. The van der Waals surface area contributed by atoms with Gasteiger partial charge in [0.2, 0.25) is 5.91 Å². The second-order valence-corrected chi connectivity index (χ2v) is 11.3. The number of aryl methyl sites for hydroxylation is 1. The molecule has 2 N–H and O–H groups in total. The van der Waals surface area contributed by atoms with Crippen LogP contribution in [0, 0.1) is 6.92 Å². The minimum Gasteiger partial charge on any atom is -0.457 e. The van der Waals surface area contributed by atoms with Crippen LogP contribution in [0.5, 0.6) is 11.5 Å². The van der Waals surface area contributed by atoms with E-state index in [2.05, 4.69) is 10.6 Å². The molecule has 0 heterocycles. The monoisotopic (exact) mass is 587 g/mol. The van der Waals surface area contributed by atoms with Crippen LogP contribution in [0.4, 0.5) is 11.4 Å². The highest BCUT2D eigenvalue weighted by molar-refractivity contribution is 7.92. The van der Waals surface area contributed by atoms with E-state index in [0.29, 0.717) is 31.1 Å². The molecule has 0 aliphatic heterocycles. The van der Waals surface area contributed by atoms with Crippen LogP contribution in [0.3, 0.4) is 0 Å². The summed E-state index contributed by atoms with van der Waals surface area (Å²) in [6.45, 7) is 2.24. The molecule has 0 saturated heterocycles. The fourth-order valence-electron chi connectivity index (χ4n) is 4.08. The number of carbonyl (C=O) groups is 2. The molecule has 0 aromatic heterocycles. The lowest BCUT2D eigenvalue weighted by atomic mass is 10.1. The fraction of sp³-hybridized carbons (Fsp3) is 0.188. The van der Waals surface area contributed by atoms with Gasteiger partial charge in [-0.1, -0.05) is 48.0 Å². The van der Waals surface area contributed by atoms with Crippen LogP contribution in [-0.4, -0.2) is 47.0 Å². The first-order valence-corrected chi connectivity index (χ1v) is 14.8. The van der Waals surface area contributed by atoms with E-state index < -0.39 is 22.5 Å². The molecule has 0 spiro atoms. The Balaban J connectivity index is 1.58. The highest BCUT2D eigenvalue weighted by Gasteiger charge is 2.28. The van der Waals surface area contributed by atoms with E-state index in [9.17, 15) is 18.0 Å². The number of ether oxygens (including phenoxy) is 2. The van der Waals surface area contributed by atoms with Crippen molar-refractivity contribution in [2.24, 2.45) is 0 Å². The van der Waals surface area contributed by atoms with E-state index in [0.717, 1.165) is 9.87 Å². The van der Waals surface area contributed by atoms with Gasteiger partial charge in [-0.3, -0.25) is 13.9 Å². The van der Waals surface area contributed by atoms with Crippen molar-refractivity contribution in [2.45, 2.75) is 18.2 Å². The van der Waals surface area contributed by atoms with E-state index in [1.165, 1.54) is 12.1 Å². The minimum absolute atomic E-state index is 0.0429. The normalized spacial score (nSPS) is 11.0. The number of benzene rings is 4. The molecule has 2 amide bonds. The fourth-order valence-corrected chi connectivity index (χ4v) is 5.50. The second-order valence-electron chi connectivity index (χ2n) is 9.43. The molecule has 218 valence electrons. The van der Waals surface area contributed by atoms with Crippen molar-refractivity contribution in [1.29, 1.82) is 0 Å². The summed E-state index contributed by atoms with van der Waals surface area (Å²) in [4.78, 5) is 26.1. The topological polar surface area (TPSA) is 114 Å². The molecule has 4 aromatic rings. The van der Waals surface area contributed by atoms with Crippen LogP contribution < -0.4 is 19.7 Å². The average molecular weight is 588 g/mol. The Labute approximate surface area is 246 Å². The number of hydrogen-bond donors (Lipinski definition) is 2. The number of hydrogen-bond acceptors (Lipinski definition) is 6. The third-order valence-corrected chi connectivity index (χ3v) is 8.04. The summed E-state index contributed by atoms with van der Waals surface area (Å²) in [7, 11) is -2.55. The summed E-state index contributed by atoms with van der Waals surface area (Å²) in [6.07, 6.45) is 0.637. The summed E-state index contributed by atoms with van der Waals surface area (Å²) < 4.78 is 39.5. The van der Waals surface area contributed by atoms with Gasteiger partial charge in [0.25, 0.3) is 15.9 Å². The van der Waals surface area contributed by atoms with Crippen LogP contribution in [-0.2, 0) is 19.6 Å². The molecule has 4 rings (SSSR count). The summed E-state index contributed by atoms with van der Waals surface area (Å²) in [6, 6.07) is 28.6. The van der Waals surface area contributed by atoms with E-state index >= 15 is 0 Å². The summed E-state index contributed by atoms with van der Waals surface area (Å²) >= 11 is 0. The molecule has 10 heteroatoms. The van der Waals surface area contributed by atoms with Crippen LogP contribution in [0.15, 0.2) is 108 Å². The number of rotatable bonds is 13. The molecule has 0 atom stereocenters. The van der Waals surface area contributed by atoms with E-state index in [4.69, 9.17) is 9.47 Å². The average Bonchev–Trinajstić information content (AvgIpc) is 2.99. The molecule has 4 aromatic carbocycles. The summed E-state index contributed by atoms with van der Waals surface area (Å²) in [5.74, 6) is 0.165. The quantitative estimate of drug-likeness (QED) is 0.203. The number of methoxy groups -OCH3 is 1. The first-order valence-electron chi connectivity index (χ1n) is 13.4. The Bertz CT molecular complexity index is 1590.